The van der Waals surface area contributed by atoms with Gasteiger partial charge in [0.1, 0.15) is 5.82 Å². The van der Waals surface area contributed by atoms with Gasteiger partial charge in [0, 0.05) is 6.20 Å². The number of terminal acetylenes is 1. The topological polar surface area (TPSA) is 90.4 Å². The van der Waals surface area contributed by atoms with E-state index in [0.29, 0.717) is 6.42 Å². The van der Waals surface area contributed by atoms with E-state index in [1.807, 2.05) is 0 Å². The maximum Gasteiger partial charge on any atom is 0.351 e. The second kappa shape index (κ2) is 4.57. The fraction of sp³-hybridized carbons (Fsp3) is 0.455. The van der Waals surface area contributed by atoms with Crippen LogP contribution in [0.1, 0.15) is 12.6 Å². The summed E-state index contributed by atoms with van der Waals surface area (Å²) in [7, 11) is 0. The normalized spacial score (nSPS) is 27.9. The number of hydrogen-bond donors (Lipinski definition) is 2. The zero-order valence-corrected chi connectivity index (χ0v) is 9.11. The third-order valence-electron chi connectivity index (χ3n) is 2.74. The summed E-state index contributed by atoms with van der Waals surface area (Å²) in [6.07, 6.45) is 6.48. The molecule has 1 aliphatic heterocycles. The van der Waals surface area contributed by atoms with E-state index >= 15 is 0 Å². The second-order valence-electron chi connectivity index (χ2n) is 3.88. The van der Waals surface area contributed by atoms with Crippen molar-refractivity contribution in [3.05, 3.63) is 22.7 Å². The fourth-order valence-electron chi connectivity index (χ4n) is 1.89. The minimum absolute atomic E-state index is 0.119. The van der Waals surface area contributed by atoms with Gasteiger partial charge in [0.15, 0.2) is 6.23 Å². The molecule has 0 bridgehead atoms. The molecule has 1 aromatic rings. The maximum absolute atomic E-state index is 11.6. The monoisotopic (exact) mass is 235 g/mol. The molecular formula is C11H13N3O3. The van der Waals surface area contributed by atoms with Crippen LogP contribution in [0.5, 0.6) is 0 Å². The Bertz CT molecular complexity index is 505. The molecule has 6 heteroatoms. The second-order valence-corrected chi connectivity index (χ2v) is 3.88. The number of ether oxygens (including phenoxy) is 1. The van der Waals surface area contributed by atoms with Crippen LogP contribution in [-0.2, 0) is 4.74 Å². The van der Waals surface area contributed by atoms with Crippen molar-refractivity contribution in [3.63, 3.8) is 0 Å². The van der Waals surface area contributed by atoms with E-state index in [1.165, 1.54) is 16.8 Å². The summed E-state index contributed by atoms with van der Waals surface area (Å²) >= 11 is 0. The summed E-state index contributed by atoms with van der Waals surface area (Å²) in [5.41, 5.74) is 4.90. The zero-order valence-electron chi connectivity index (χ0n) is 9.11. The number of aromatic nitrogens is 2. The Kier molecular flexibility index (Phi) is 3.13. The van der Waals surface area contributed by atoms with Crippen molar-refractivity contribution < 1.29 is 9.84 Å². The molecule has 0 aromatic carbocycles. The molecule has 1 saturated heterocycles. The lowest BCUT2D eigenvalue weighted by Crippen LogP contribution is -2.30. The molecule has 0 radical (unpaired) electrons. The van der Waals surface area contributed by atoms with Crippen molar-refractivity contribution in [1.29, 1.82) is 0 Å². The summed E-state index contributed by atoms with van der Waals surface area (Å²) in [6, 6.07) is 1.50. The first kappa shape index (κ1) is 11.6. The smallest absolute Gasteiger partial charge is 0.351 e. The minimum atomic E-state index is -0.585. The lowest BCUT2D eigenvalue weighted by molar-refractivity contribution is -0.0303. The fourth-order valence-corrected chi connectivity index (χ4v) is 1.89. The van der Waals surface area contributed by atoms with E-state index in [-0.39, 0.29) is 24.4 Å². The Labute approximate surface area is 98.0 Å². The Morgan fingerprint density at radius 1 is 1.76 bits per heavy atom. The molecule has 1 aromatic heterocycles. The van der Waals surface area contributed by atoms with E-state index in [9.17, 15) is 4.79 Å². The van der Waals surface area contributed by atoms with Crippen LogP contribution >= 0.6 is 0 Å². The molecule has 2 rings (SSSR count). The first-order valence-electron chi connectivity index (χ1n) is 5.23. The molecule has 1 fully saturated rings. The first-order valence-corrected chi connectivity index (χ1v) is 5.23. The van der Waals surface area contributed by atoms with Gasteiger partial charge in [0.2, 0.25) is 0 Å². The number of anilines is 1. The summed E-state index contributed by atoms with van der Waals surface area (Å²) < 4.78 is 6.81. The van der Waals surface area contributed by atoms with Crippen molar-refractivity contribution in [2.24, 2.45) is 5.92 Å². The van der Waals surface area contributed by atoms with Crippen molar-refractivity contribution in [2.75, 3.05) is 12.3 Å². The molecule has 3 N–H and O–H groups in total. The van der Waals surface area contributed by atoms with Crippen molar-refractivity contribution in [3.8, 4) is 12.3 Å². The molecule has 0 saturated carbocycles. The highest BCUT2D eigenvalue weighted by molar-refractivity contribution is 5.23. The highest BCUT2D eigenvalue weighted by Gasteiger charge is 2.35. The van der Waals surface area contributed by atoms with Gasteiger partial charge in [0.05, 0.1) is 18.6 Å². The number of nitrogen functional groups attached to an aromatic ring is 1. The van der Waals surface area contributed by atoms with Crippen LogP contribution in [0.15, 0.2) is 17.1 Å². The highest BCUT2D eigenvalue weighted by Crippen LogP contribution is 2.32. The van der Waals surface area contributed by atoms with Gasteiger partial charge in [-0.3, -0.25) is 4.57 Å². The van der Waals surface area contributed by atoms with Gasteiger partial charge < -0.3 is 15.6 Å². The number of nitrogens with zero attached hydrogens (tertiary/aromatic N) is 2. The number of aliphatic hydroxyl groups is 1. The Balaban J connectivity index is 2.33. The van der Waals surface area contributed by atoms with Gasteiger partial charge in [-0.05, 0) is 12.5 Å². The van der Waals surface area contributed by atoms with Crippen LogP contribution in [0, 0.1) is 18.3 Å². The first-order chi connectivity index (χ1) is 8.15. The third-order valence-corrected chi connectivity index (χ3v) is 2.74. The van der Waals surface area contributed by atoms with Crippen LogP contribution in [-0.4, -0.2) is 27.4 Å². The molecule has 0 amide bonds. The molecule has 0 spiro atoms. The van der Waals surface area contributed by atoms with Gasteiger partial charge in [-0.1, -0.05) is 5.92 Å². The van der Waals surface area contributed by atoms with Crippen LogP contribution in [0.2, 0.25) is 0 Å². The molecule has 1 unspecified atom stereocenters. The van der Waals surface area contributed by atoms with Crippen molar-refractivity contribution >= 4 is 5.82 Å². The summed E-state index contributed by atoms with van der Waals surface area (Å²) in [5.74, 6) is 2.46. The summed E-state index contributed by atoms with van der Waals surface area (Å²) in [4.78, 5) is 15.3. The Hall–Kier alpha value is -1.84. The largest absolute Gasteiger partial charge is 0.394 e. The van der Waals surface area contributed by atoms with E-state index in [0.717, 1.165) is 0 Å². The van der Waals surface area contributed by atoms with E-state index < -0.39 is 11.9 Å². The average molecular weight is 235 g/mol. The van der Waals surface area contributed by atoms with Crippen molar-refractivity contribution in [1.82, 2.24) is 9.55 Å². The highest BCUT2D eigenvalue weighted by atomic mass is 16.5. The lowest BCUT2D eigenvalue weighted by atomic mass is 10.0. The van der Waals surface area contributed by atoms with Gasteiger partial charge in [-0.2, -0.15) is 4.98 Å². The van der Waals surface area contributed by atoms with E-state index in [4.69, 9.17) is 22.0 Å². The summed E-state index contributed by atoms with van der Waals surface area (Å²) in [5, 5.41) is 9.04. The predicted octanol–water partition coefficient (Wildman–Crippen LogP) is -0.645. The minimum Gasteiger partial charge on any atom is -0.394 e. The third kappa shape index (κ3) is 2.16. The van der Waals surface area contributed by atoms with Crippen molar-refractivity contribution in [2.45, 2.75) is 18.8 Å². The van der Waals surface area contributed by atoms with E-state index in [2.05, 4.69) is 10.9 Å². The molecule has 3 atom stereocenters. The molecule has 90 valence electrons. The van der Waals surface area contributed by atoms with E-state index in [1.54, 1.807) is 0 Å². The number of hydrogen-bond acceptors (Lipinski definition) is 5. The van der Waals surface area contributed by atoms with Gasteiger partial charge in [-0.15, -0.1) is 6.42 Å². The van der Waals surface area contributed by atoms with Gasteiger partial charge in [-0.25, -0.2) is 4.79 Å². The maximum atomic E-state index is 11.6. The Morgan fingerprint density at radius 3 is 3.12 bits per heavy atom. The SMILES string of the molecule is C#C[C@@H]1C[C@@H](CO)OC1n1ccc(N)nc1=O. The predicted molar refractivity (Wildman–Crippen MR) is 60.8 cm³/mol. The quantitative estimate of drug-likeness (QED) is 0.665. The zero-order chi connectivity index (χ0) is 12.4. The number of nitrogens with two attached hydrogens (primary N) is 1. The molecule has 1 aliphatic rings. The van der Waals surface area contributed by atoms with Gasteiger partial charge >= 0.3 is 5.69 Å². The van der Waals surface area contributed by atoms with Crippen LogP contribution in [0.4, 0.5) is 5.82 Å². The molecular weight excluding hydrogens is 222 g/mol. The van der Waals surface area contributed by atoms with Gasteiger partial charge in [0.25, 0.3) is 0 Å². The Morgan fingerprint density at radius 2 is 2.53 bits per heavy atom. The molecule has 17 heavy (non-hydrogen) atoms. The summed E-state index contributed by atoms with van der Waals surface area (Å²) in [6.45, 7) is -0.119. The number of rotatable bonds is 2. The van der Waals surface area contributed by atoms with Crippen LogP contribution in [0.3, 0.4) is 0 Å². The average Bonchev–Trinajstić information content (AvgIpc) is 2.72. The van der Waals surface area contributed by atoms with Crippen LogP contribution < -0.4 is 11.4 Å². The number of aliphatic hydroxyl groups excluding tert-OH is 1. The van der Waals surface area contributed by atoms with Crippen LogP contribution in [0.25, 0.3) is 0 Å². The standard InChI is InChI=1S/C11H13N3O3/c1-2-7-5-8(6-15)17-10(7)14-4-3-9(12)13-11(14)16/h1,3-4,7-8,10,15H,5-6H2,(H2,12,13,16)/t7-,8+,10?/m1/s1. The lowest BCUT2D eigenvalue weighted by Gasteiger charge is -2.17. The molecule has 6 nitrogen and oxygen atoms in total. The molecule has 2 heterocycles. The molecule has 0 aliphatic carbocycles.